The number of nitrogens with one attached hydrogen (secondary N) is 1. The molecule has 3 nitrogen and oxygen atoms in total. The summed E-state index contributed by atoms with van der Waals surface area (Å²) < 4.78 is 0. The van der Waals surface area contributed by atoms with Gasteiger partial charge in [-0.2, -0.15) is 0 Å². The van der Waals surface area contributed by atoms with E-state index >= 15 is 0 Å². The molecule has 0 aromatic heterocycles. The Morgan fingerprint density at radius 3 is 2.19 bits per heavy atom. The zero-order chi connectivity index (χ0) is 15.3. The average Bonchev–Trinajstić information content (AvgIpc) is 2.92. The standard InChI is InChI=1S/C18H32N2O/c1-17(2)9-14(10-18(3,4)12-17)20-15(21)11-19-16(20)13-7-5-6-8-13/h13-14,16,19H,5-12H2,1-4H3. The maximum atomic E-state index is 12.5. The third kappa shape index (κ3) is 3.13. The highest BCUT2D eigenvalue weighted by molar-refractivity contribution is 5.81. The second-order valence-electron chi connectivity index (χ2n) is 9.24. The average molecular weight is 292 g/mol. The predicted molar refractivity (Wildman–Crippen MR) is 85.8 cm³/mol. The molecule has 3 fully saturated rings. The molecule has 2 aliphatic carbocycles. The highest BCUT2D eigenvalue weighted by atomic mass is 16.2. The third-order valence-electron chi connectivity index (χ3n) is 5.82. The van der Waals surface area contributed by atoms with Gasteiger partial charge in [-0.25, -0.2) is 0 Å². The second kappa shape index (κ2) is 5.26. The number of hydrogen-bond donors (Lipinski definition) is 1. The van der Waals surface area contributed by atoms with E-state index in [0.29, 0.717) is 41.4 Å². The van der Waals surface area contributed by atoms with Crippen LogP contribution in [0.1, 0.15) is 72.6 Å². The molecule has 2 saturated carbocycles. The van der Waals surface area contributed by atoms with Gasteiger partial charge in [-0.15, -0.1) is 0 Å². The van der Waals surface area contributed by atoms with E-state index in [1.807, 2.05) is 0 Å². The van der Waals surface area contributed by atoms with E-state index in [4.69, 9.17) is 0 Å². The lowest BCUT2D eigenvalue weighted by Gasteiger charge is -2.49. The van der Waals surface area contributed by atoms with Crippen LogP contribution in [0, 0.1) is 16.7 Å². The molecule has 120 valence electrons. The Morgan fingerprint density at radius 1 is 1.05 bits per heavy atom. The van der Waals surface area contributed by atoms with Gasteiger partial charge in [0.15, 0.2) is 0 Å². The van der Waals surface area contributed by atoms with Crippen LogP contribution in [-0.4, -0.2) is 29.6 Å². The summed E-state index contributed by atoms with van der Waals surface area (Å²) in [5.41, 5.74) is 0.686. The molecular formula is C18H32N2O. The van der Waals surface area contributed by atoms with E-state index in [0.717, 1.165) is 12.8 Å². The normalized spacial score (nSPS) is 33.8. The Balaban J connectivity index is 1.80. The SMILES string of the molecule is CC1(C)CC(N2C(=O)CNC2C2CCCC2)CC(C)(C)C1. The van der Waals surface area contributed by atoms with Crippen molar-refractivity contribution in [2.45, 2.75) is 84.8 Å². The highest BCUT2D eigenvalue weighted by Crippen LogP contribution is 2.48. The summed E-state index contributed by atoms with van der Waals surface area (Å²) in [5, 5.41) is 3.53. The molecule has 1 aliphatic heterocycles. The first-order valence-electron chi connectivity index (χ1n) is 8.82. The molecule has 0 radical (unpaired) electrons. The first-order chi connectivity index (χ1) is 9.77. The Labute approximate surface area is 129 Å². The van der Waals surface area contributed by atoms with Crippen LogP contribution in [0.4, 0.5) is 0 Å². The molecule has 21 heavy (non-hydrogen) atoms. The maximum absolute atomic E-state index is 12.5. The predicted octanol–water partition coefficient (Wildman–Crippen LogP) is 3.54. The van der Waals surface area contributed by atoms with Gasteiger partial charge in [-0.1, -0.05) is 40.5 Å². The fourth-order valence-electron chi connectivity index (χ4n) is 5.62. The van der Waals surface area contributed by atoms with Crippen molar-refractivity contribution in [3.05, 3.63) is 0 Å². The lowest BCUT2D eigenvalue weighted by atomic mass is 9.63. The van der Waals surface area contributed by atoms with Gasteiger partial charge in [0, 0.05) is 6.04 Å². The minimum Gasteiger partial charge on any atom is -0.323 e. The number of carbonyl (C=O) groups is 1. The topological polar surface area (TPSA) is 32.3 Å². The molecule has 1 N–H and O–H groups in total. The number of rotatable bonds is 2. The van der Waals surface area contributed by atoms with Crippen LogP contribution in [0.3, 0.4) is 0 Å². The molecule has 3 aliphatic rings. The lowest BCUT2D eigenvalue weighted by molar-refractivity contribution is -0.134. The van der Waals surface area contributed by atoms with Crippen molar-refractivity contribution >= 4 is 5.91 Å². The lowest BCUT2D eigenvalue weighted by Crippen LogP contribution is -2.53. The second-order valence-corrected chi connectivity index (χ2v) is 9.24. The molecule has 1 saturated heterocycles. The summed E-state index contributed by atoms with van der Waals surface area (Å²) in [5.74, 6) is 1.02. The van der Waals surface area contributed by atoms with Gasteiger partial charge in [-0.3, -0.25) is 10.1 Å². The molecule has 1 atom stereocenters. The van der Waals surface area contributed by atoms with Crippen molar-refractivity contribution in [1.29, 1.82) is 0 Å². The van der Waals surface area contributed by atoms with Crippen molar-refractivity contribution in [2.75, 3.05) is 6.54 Å². The molecule has 0 bridgehead atoms. The Kier molecular flexibility index (Phi) is 3.84. The van der Waals surface area contributed by atoms with Crippen LogP contribution in [0.15, 0.2) is 0 Å². The van der Waals surface area contributed by atoms with E-state index in [2.05, 4.69) is 37.9 Å². The molecule has 1 amide bonds. The maximum Gasteiger partial charge on any atom is 0.238 e. The quantitative estimate of drug-likeness (QED) is 0.844. The monoisotopic (exact) mass is 292 g/mol. The van der Waals surface area contributed by atoms with Gasteiger partial charge in [0.1, 0.15) is 0 Å². The van der Waals surface area contributed by atoms with Gasteiger partial charge in [0.2, 0.25) is 5.91 Å². The van der Waals surface area contributed by atoms with Crippen molar-refractivity contribution in [2.24, 2.45) is 16.7 Å². The molecule has 0 spiro atoms. The summed E-state index contributed by atoms with van der Waals surface area (Å²) in [7, 11) is 0. The van der Waals surface area contributed by atoms with Gasteiger partial charge in [0.25, 0.3) is 0 Å². The molecule has 1 unspecified atom stereocenters. The van der Waals surface area contributed by atoms with Crippen LogP contribution in [0.2, 0.25) is 0 Å². The van der Waals surface area contributed by atoms with Crippen LogP contribution in [0.25, 0.3) is 0 Å². The Morgan fingerprint density at radius 2 is 1.62 bits per heavy atom. The Bertz CT molecular complexity index is 393. The van der Waals surface area contributed by atoms with Gasteiger partial charge in [-0.05, 0) is 48.9 Å². The smallest absolute Gasteiger partial charge is 0.238 e. The molecule has 1 heterocycles. The summed E-state index contributed by atoms with van der Waals surface area (Å²) in [4.78, 5) is 14.8. The largest absolute Gasteiger partial charge is 0.323 e. The third-order valence-corrected chi connectivity index (χ3v) is 5.82. The van der Waals surface area contributed by atoms with Crippen molar-refractivity contribution in [1.82, 2.24) is 10.2 Å². The summed E-state index contributed by atoms with van der Waals surface area (Å²) >= 11 is 0. The van der Waals surface area contributed by atoms with Gasteiger partial charge >= 0.3 is 0 Å². The fourth-order valence-corrected chi connectivity index (χ4v) is 5.62. The number of carbonyl (C=O) groups excluding carboxylic acids is 1. The zero-order valence-electron chi connectivity index (χ0n) is 14.2. The Hall–Kier alpha value is -0.570. The number of amides is 1. The van der Waals surface area contributed by atoms with Gasteiger partial charge in [0.05, 0.1) is 12.7 Å². The number of nitrogens with zero attached hydrogens (tertiary/aromatic N) is 1. The van der Waals surface area contributed by atoms with E-state index in [1.54, 1.807) is 0 Å². The minimum absolute atomic E-state index is 0.315. The number of hydrogen-bond acceptors (Lipinski definition) is 2. The molecule has 0 aromatic carbocycles. The summed E-state index contributed by atoms with van der Waals surface area (Å²) in [6.07, 6.45) is 9.16. The van der Waals surface area contributed by atoms with Crippen molar-refractivity contribution < 1.29 is 4.79 Å². The molecule has 3 heteroatoms. The van der Waals surface area contributed by atoms with Crippen LogP contribution in [0.5, 0.6) is 0 Å². The first kappa shape index (κ1) is 15.3. The van der Waals surface area contributed by atoms with E-state index in [-0.39, 0.29) is 0 Å². The van der Waals surface area contributed by atoms with Crippen LogP contribution < -0.4 is 5.32 Å². The zero-order valence-corrected chi connectivity index (χ0v) is 14.2. The van der Waals surface area contributed by atoms with Gasteiger partial charge < -0.3 is 4.90 Å². The summed E-state index contributed by atoms with van der Waals surface area (Å²) in [6.45, 7) is 10.1. The van der Waals surface area contributed by atoms with E-state index < -0.39 is 0 Å². The molecule has 3 rings (SSSR count). The first-order valence-corrected chi connectivity index (χ1v) is 8.82. The summed E-state index contributed by atoms with van der Waals surface area (Å²) in [6, 6.07) is 0.428. The van der Waals surface area contributed by atoms with Crippen LogP contribution in [-0.2, 0) is 4.79 Å². The van der Waals surface area contributed by atoms with Crippen LogP contribution >= 0.6 is 0 Å². The molecule has 0 aromatic rings. The van der Waals surface area contributed by atoms with E-state index in [9.17, 15) is 4.79 Å². The van der Waals surface area contributed by atoms with Crippen molar-refractivity contribution in [3.8, 4) is 0 Å². The minimum atomic E-state index is 0.315. The fraction of sp³-hybridized carbons (Fsp3) is 0.944. The molecular weight excluding hydrogens is 260 g/mol. The van der Waals surface area contributed by atoms with Crippen molar-refractivity contribution in [3.63, 3.8) is 0 Å². The highest BCUT2D eigenvalue weighted by Gasteiger charge is 2.47. The van der Waals surface area contributed by atoms with E-state index in [1.165, 1.54) is 32.1 Å².